The van der Waals surface area contributed by atoms with Crippen LogP contribution in [0.15, 0.2) is 12.2 Å². The zero-order valence-electron chi connectivity index (χ0n) is 14.3. The average molecular weight is 378 g/mol. The highest BCUT2D eigenvalue weighted by Gasteiger charge is 2.79. The van der Waals surface area contributed by atoms with Crippen LogP contribution in [-0.2, 0) is 19.1 Å². The van der Waals surface area contributed by atoms with E-state index in [9.17, 15) is 35.9 Å². The highest BCUT2D eigenvalue weighted by Crippen LogP contribution is 2.51. The van der Waals surface area contributed by atoms with Crippen LogP contribution >= 0.6 is 0 Å². The molecular formula is C15H20F6O4. The van der Waals surface area contributed by atoms with E-state index in [1.807, 2.05) is 0 Å². The number of esters is 2. The van der Waals surface area contributed by atoms with E-state index in [2.05, 4.69) is 16.1 Å². The molecule has 0 fully saturated rings. The first-order valence-corrected chi connectivity index (χ1v) is 7.21. The summed E-state index contributed by atoms with van der Waals surface area (Å²) < 4.78 is 89.6. The molecule has 146 valence electrons. The molecule has 1 unspecified atom stereocenters. The van der Waals surface area contributed by atoms with E-state index in [1.54, 1.807) is 0 Å². The van der Waals surface area contributed by atoms with Gasteiger partial charge in [-0.1, -0.05) is 34.3 Å². The molecule has 0 saturated heterocycles. The van der Waals surface area contributed by atoms with Gasteiger partial charge in [-0.05, 0) is 12.8 Å². The van der Waals surface area contributed by atoms with Crippen molar-refractivity contribution in [3.05, 3.63) is 12.2 Å². The summed E-state index contributed by atoms with van der Waals surface area (Å²) in [6, 6.07) is 0. The number of hydrogen-bond donors (Lipinski definition) is 0. The summed E-state index contributed by atoms with van der Waals surface area (Å²) in [6.07, 6.45) is -15.0. The lowest BCUT2D eigenvalue weighted by Crippen LogP contribution is -2.69. The van der Waals surface area contributed by atoms with Gasteiger partial charge in [-0.25, -0.2) is 4.79 Å². The largest absolute Gasteiger partial charge is 0.454 e. The Balaban J connectivity index is 6.52. The number of carbonyl (C=O) groups is 2. The number of rotatable bonds is 6. The second-order valence-corrected chi connectivity index (χ2v) is 6.16. The van der Waals surface area contributed by atoms with Gasteiger partial charge in [-0.2, -0.15) is 26.3 Å². The third kappa shape index (κ3) is 4.88. The maximum absolute atomic E-state index is 13.5. The molecule has 0 aromatic carbocycles. The molecule has 0 aliphatic carbocycles. The molecule has 0 saturated carbocycles. The molecule has 0 aromatic rings. The molecule has 4 nitrogen and oxygen atoms in total. The number of alkyl halides is 6. The average Bonchev–Trinajstić information content (AvgIpc) is 2.38. The molecule has 0 heterocycles. The van der Waals surface area contributed by atoms with Crippen LogP contribution in [0.5, 0.6) is 0 Å². The molecule has 0 aliphatic heterocycles. The van der Waals surface area contributed by atoms with Crippen molar-refractivity contribution in [3.8, 4) is 0 Å². The maximum atomic E-state index is 13.5. The van der Waals surface area contributed by atoms with E-state index in [0.29, 0.717) is 0 Å². The molecule has 0 N–H and O–H groups in total. The first-order chi connectivity index (χ1) is 11.0. The summed E-state index contributed by atoms with van der Waals surface area (Å²) >= 11 is 0. The van der Waals surface area contributed by atoms with Crippen molar-refractivity contribution in [2.24, 2.45) is 11.8 Å². The Hall–Kier alpha value is -1.74. The molecule has 0 bridgehead atoms. The van der Waals surface area contributed by atoms with Gasteiger partial charge in [-0.3, -0.25) is 4.79 Å². The normalized spacial score (nSPS) is 14.4. The molecule has 1 atom stereocenters. The van der Waals surface area contributed by atoms with Crippen molar-refractivity contribution in [2.45, 2.75) is 58.7 Å². The minimum Gasteiger partial charge on any atom is -0.454 e. The van der Waals surface area contributed by atoms with E-state index in [0.717, 1.165) is 34.6 Å². The highest BCUT2D eigenvalue weighted by molar-refractivity contribution is 5.87. The monoisotopic (exact) mass is 378 g/mol. The van der Waals surface area contributed by atoms with Crippen LogP contribution < -0.4 is 0 Å². The minimum atomic E-state index is -6.08. The predicted octanol–water partition coefficient (Wildman–Crippen LogP) is 4.19. The van der Waals surface area contributed by atoms with Crippen LogP contribution in [0.4, 0.5) is 26.3 Å². The minimum absolute atomic E-state index is 0.404. The second kappa shape index (κ2) is 7.65. The summed E-state index contributed by atoms with van der Waals surface area (Å²) in [6.45, 7) is 8.28. The number of hydrogen-bond acceptors (Lipinski definition) is 4. The summed E-state index contributed by atoms with van der Waals surface area (Å²) in [5, 5.41) is 0. The fourth-order valence-corrected chi connectivity index (χ4v) is 1.84. The Morgan fingerprint density at radius 2 is 1.32 bits per heavy atom. The first-order valence-electron chi connectivity index (χ1n) is 7.21. The zero-order chi connectivity index (χ0) is 20.4. The molecule has 25 heavy (non-hydrogen) atoms. The van der Waals surface area contributed by atoms with Crippen LogP contribution in [0.3, 0.4) is 0 Å². The van der Waals surface area contributed by atoms with Crippen LogP contribution in [0, 0.1) is 11.8 Å². The molecule has 0 aliphatic rings. The molecule has 10 heteroatoms. The summed E-state index contributed by atoms with van der Waals surface area (Å²) in [7, 11) is 0. The maximum Gasteiger partial charge on any atom is 0.441 e. The third-order valence-corrected chi connectivity index (χ3v) is 3.16. The molecule has 0 aromatic heterocycles. The summed E-state index contributed by atoms with van der Waals surface area (Å²) in [5.41, 5.74) is -5.40. The SMILES string of the molecule is C=C(C)C(=O)OC(C(C)C)C(OC(=O)C(C)C)(C(F)(F)F)C(F)(F)F. The molecule has 0 rings (SSSR count). The van der Waals surface area contributed by atoms with Gasteiger partial charge < -0.3 is 9.47 Å². The van der Waals surface area contributed by atoms with Gasteiger partial charge in [0, 0.05) is 5.57 Å². The predicted molar refractivity (Wildman–Crippen MR) is 75.3 cm³/mol. The van der Waals surface area contributed by atoms with E-state index >= 15 is 0 Å². The van der Waals surface area contributed by atoms with Crippen LogP contribution in [0.1, 0.15) is 34.6 Å². The van der Waals surface area contributed by atoms with Crippen LogP contribution in [-0.4, -0.2) is 36.0 Å². The summed E-state index contributed by atoms with van der Waals surface area (Å²) in [5.74, 6) is -5.94. The lowest BCUT2D eigenvalue weighted by Gasteiger charge is -2.43. The quantitative estimate of drug-likeness (QED) is 0.395. The Morgan fingerprint density at radius 3 is 1.56 bits per heavy atom. The lowest BCUT2D eigenvalue weighted by atomic mass is 9.86. The van der Waals surface area contributed by atoms with Gasteiger partial charge in [0.2, 0.25) is 0 Å². The Kier molecular flexibility index (Phi) is 7.12. The molecule has 0 radical (unpaired) electrons. The third-order valence-electron chi connectivity index (χ3n) is 3.16. The second-order valence-electron chi connectivity index (χ2n) is 6.16. The standard InChI is InChI=1S/C15H20F6O4/c1-7(2)10(24-11(22)8(3)4)13(14(16,17)18,15(19,20)21)25-12(23)9(5)6/h7,9-10H,3H2,1-2,4-6H3. The van der Waals surface area contributed by atoms with E-state index in [1.165, 1.54) is 0 Å². The topological polar surface area (TPSA) is 52.6 Å². The Bertz CT molecular complexity index is 505. The van der Waals surface area contributed by atoms with Crippen molar-refractivity contribution < 1.29 is 45.4 Å². The van der Waals surface area contributed by atoms with Crippen LogP contribution in [0.2, 0.25) is 0 Å². The fourth-order valence-electron chi connectivity index (χ4n) is 1.84. The Morgan fingerprint density at radius 1 is 0.920 bits per heavy atom. The number of ether oxygens (including phenoxy) is 2. The molecule has 0 spiro atoms. The van der Waals surface area contributed by atoms with Gasteiger partial charge in [-0.15, -0.1) is 0 Å². The smallest absolute Gasteiger partial charge is 0.441 e. The highest BCUT2D eigenvalue weighted by atomic mass is 19.4. The van der Waals surface area contributed by atoms with Crippen molar-refractivity contribution in [1.29, 1.82) is 0 Å². The van der Waals surface area contributed by atoms with E-state index in [4.69, 9.17) is 0 Å². The van der Waals surface area contributed by atoms with E-state index < -0.39 is 53.4 Å². The molecular weight excluding hydrogens is 358 g/mol. The fraction of sp³-hybridized carbons (Fsp3) is 0.733. The number of carbonyl (C=O) groups excluding carboxylic acids is 2. The van der Waals surface area contributed by atoms with Crippen molar-refractivity contribution in [3.63, 3.8) is 0 Å². The van der Waals surface area contributed by atoms with Gasteiger partial charge in [0.15, 0.2) is 6.10 Å². The van der Waals surface area contributed by atoms with Crippen molar-refractivity contribution in [1.82, 2.24) is 0 Å². The molecule has 0 amide bonds. The van der Waals surface area contributed by atoms with Crippen molar-refractivity contribution >= 4 is 11.9 Å². The van der Waals surface area contributed by atoms with Gasteiger partial charge in [0.05, 0.1) is 5.92 Å². The lowest BCUT2D eigenvalue weighted by molar-refractivity contribution is -0.396. The first kappa shape index (κ1) is 23.3. The van der Waals surface area contributed by atoms with Crippen molar-refractivity contribution in [2.75, 3.05) is 0 Å². The van der Waals surface area contributed by atoms with Gasteiger partial charge >= 0.3 is 29.9 Å². The van der Waals surface area contributed by atoms with Gasteiger partial charge in [0.25, 0.3) is 0 Å². The van der Waals surface area contributed by atoms with Gasteiger partial charge in [0.1, 0.15) is 0 Å². The number of halogens is 6. The van der Waals surface area contributed by atoms with Crippen LogP contribution in [0.25, 0.3) is 0 Å². The zero-order valence-corrected chi connectivity index (χ0v) is 14.3. The summed E-state index contributed by atoms with van der Waals surface area (Å²) in [4.78, 5) is 23.2. The van der Waals surface area contributed by atoms with E-state index in [-0.39, 0.29) is 0 Å². The Labute approximate surface area is 141 Å².